The highest BCUT2D eigenvalue weighted by molar-refractivity contribution is 5.78. The molecule has 0 aliphatic carbocycles. The first kappa shape index (κ1) is 9.21. The second-order valence-electron chi connectivity index (χ2n) is 3.36. The molecule has 0 saturated carbocycles. The quantitative estimate of drug-likeness (QED) is 0.674. The summed E-state index contributed by atoms with van der Waals surface area (Å²) < 4.78 is 4.75. The molecule has 0 aromatic heterocycles. The number of benzene rings is 1. The van der Waals surface area contributed by atoms with E-state index in [4.69, 9.17) is 4.74 Å². The van der Waals surface area contributed by atoms with Crippen molar-refractivity contribution in [3.05, 3.63) is 35.4 Å². The Bertz CT molecular complexity index is 349. The van der Waals surface area contributed by atoms with Crippen LogP contribution in [0.15, 0.2) is 24.3 Å². The number of hydrogen-bond donors (Lipinski definition) is 1. The van der Waals surface area contributed by atoms with Crippen LogP contribution in [0.2, 0.25) is 0 Å². The van der Waals surface area contributed by atoms with Gasteiger partial charge in [-0.3, -0.25) is 0 Å². The summed E-state index contributed by atoms with van der Waals surface area (Å²) in [6.45, 7) is 0.830. The molecule has 0 unspecified atom stereocenters. The van der Waals surface area contributed by atoms with E-state index in [1.807, 2.05) is 18.2 Å². The molecule has 0 spiro atoms. The number of rotatable bonds is 1. The predicted octanol–water partition coefficient (Wildman–Crippen LogP) is 1.05. The van der Waals surface area contributed by atoms with Crippen LogP contribution in [0.1, 0.15) is 17.2 Å². The zero-order valence-electron chi connectivity index (χ0n) is 8.12. The Morgan fingerprint density at radius 2 is 2.29 bits per heavy atom. The van der Waals surface area contributed by atoms with Crippen LogP contribution in [0, 0.1) is 0 Å². The van der Waals surface area contributed by atoms with Crippen molar-refractivity contribution in [1.29, 1.82) is 0 Å². The molecule has 14 heavy (non-hydrogen) atoms. The van der Waals surface area contributed by atoms with Crippen molar-refractivity contribution in [2.45, 2.75) is 12.5 Å². The minimum atomic E-state index is -0.287. The van der Waals surface area contributed by atoms with E-state index in [9.17, 15) is 4.79 Å². The third-order valence-electron chi connectivity index (χ3n) is 2.55. The Balaban J connectivity index is 2.35. The van der Waals surface area contributed by atoms with Crippen molar-refractivity contribution in [3.8, 4) is 0 Å². The van der Waals surface area contributed by atoms with E-state index in [1.54, 1.807) is 0 Å². The van der Waals surface area contributed by atoms with Crippen molar-refractivity contribution in [1.82, 2.24) is 5.32 Å². The molecule has 0 amide bonds. The Morgan fingerprint density at radius 1 is 1.50 bits per heavy atom. The smallest absolute Gasteiger partial charge is 0.327 e. The van der Waals surface area contributed by atoms with Gasteiger partial charge in [-0.2, -0.15) is 0 Å². The van der Waals surface area contributed by atoms with Crippen LogP contribution < -0.4 is 5.32 Å². The number of hydrogen-bond acceptors (Lipinski definition) is 3. The SMILES string of the molecule is COC(=O)[C@@H]1NCCc2ccccc21. The Hall–Kier alpha value is -1.35. The molecule has 1 heterocycles. The summed E-state index contributed by atoms with van der Waals surface area (Å²) >= 11 is 0. The third-order valence-corrected chi connectivity index (χ3v) is 2.55. The number of carbonyl (C=O) groups is 1. The Labute approximate surface area is 83.1 Å². The summed E-state index contributed by atoms with van der Waals surface area (Å²) in [7, 11) is 1.42. The topological polar surface area (TPSA) is 38.3 Å². The molecule has 1 N–H and O–H groups in total. The van der Waals surface area contributed by atoms with Crippen LogP contribution in [0.3, 0.4) is 0 Å². The maximum atomic E-state index is 11.4. The van der Waals surface area contributed by atoms with E-state index < -0.39 is 0 Å². The lowest BCUT2D eigenvalue weighted by molar-refractivity contribution is -0.143. The summed E-state index contributed by atoms with van der Waals surface area (Å²) in [5.41, 5.74) is 2.28. The van der Waals surface area contributed by atoms with Crippen LogP contribution >= 0.6 is 0 Å². The van der Waals surface area contributed by atoms with Crippen LogP contribution in [-0.4, -0.2) is 19.6 Å². The average molecular weight is 191 g/mol. The standard InChI is InChI=1S/C11H13NO2/c1-14-11(13)10-9-5-3-2-4-8(9)6-7-12-10/h2-5,10,12H,6-7H2,1H3/t10-/m1/s1. The molecule has 1 aliphatic heterocycles. The van der Waals surface area contributed by atoms with Gasteiger partial charge >= 0.3 is 5.97 Å². The van der Waals surface area contributed by atoms with Gasteiger partial charge in [0.05, 0.1) is 7.11 Å². The van der Waals surface area contributed by atoms with Gasteiger partial charge < -0.3 is 10.1 Å². The van der Waals surface area contributed by atoms with Crippen molar-refractivity contribution < 1.29 is 9.53 Å². The first-order chi connectivity index (χ1) is 6.83. The van der Waals surface area contributed by atoms with E-state index in [0.717, 1.165) is 18.5 Å². The molecule has 1 atom stereocenters. The molecule has 0 fully saturated rings. The first-order valence-corrected chi connectivity index (χ1v) is 4.72. The van der Waals surface area contributed by atoms with Crippen LogP contribution in [0.5, 0.6) is 0 Å². The van der Waals surface area contributed by atoms with Gasteiger partial charge in [0.15, 0.2) is 0 Å². The molecule has 3 nitrogen and oxygen atoms in total. The van der Waals surface area contributed by atoms with Crippen LogP contribution in [0.4, 0.5) is 0 Å². The molecule has 1 aliphatic rings. The van der Waals surface area contributed by atoms with E-state index in [0.29, 0.717) is 0 Å². The number of carbonyl (C=O) groups excluding carboxylic acids is 1. The van der Waals surface area contributed by atoms with E-state index in [-0.39, 0.29) is 12.0 Å². The van der Waals surface area contributed by atoms with Gasteiger partial charge in [0.2, 0.25) is 0 Å². The van der Waals surface area contributed by atoms with Gasteiger partial charge in [-0.05, 0) is 17.5 Å². The lowest BCUT2D eigenvalue weighted by Gasteiger charge is -2.24. The lowest BCUT2D eigenvalue weighted by atomic mass is 9.94. The van der Waals surface area contributed by atoms with Gasteiger partial charge in [0, 0.05) is 6.54 Å². The number of ether oxygens (including phenoxy) is 1. The summed E-state index contributed by atoms with van der Waals surface area (Å²) in [5, 5.41) is 3.15. The minimum Gasteiger partial charge on any atom is -0.468 e. The summed E-state index contributed by atoms with van der Waals surface area (Å²) in [4.78, 5) is 11.4. The Kier molecular flexibility index (Phi) is 2.50. The van der Waals surface area contributed by atoms with Crippen molar-refractivity contribution in [2.24, 2.45) is 0 Å². The van der Waals surface area contributed by atoms with Gasteiger partial charge in [0.25, 0.3) is 0 Å². The second-order valence-corrected chi connectivity index (χ2v) is 3.36. The lowest BCUT2D eigenvalue weighted by Crippen LogP contribution is -2.35. The second kappa shape index (κ2) is 3.80. The maximum Gasteiger partial charge on any atom is 0.327 e. The van der Waals surface area contributed by atoms with Gasteiger partial charge in [-0.15, -0.1) is 0 Å². The molecule has 1 aromatic rings. The molecule has 1 aromatic carbocycles. The highest BCUT2D eigenvalue weighted by Crippen LogP contribution is 2.23. The fraction of sp³-hybridized carbons (Fsp3) is 0.364. The van der Waals surface area contributed by atoms with Crippen molar-refractivity contribution in [3.63, 3.8) is 0 Å². The molecule has 0 saturated heterocycles. The molecular weight excluding hydrogens is 178 g/mol. The number of nitrogens with one attached hydrogen (secondary N) is 1. The fourth-order valence-electron chi connectivity index (χ4n) is 1.83. The molecule has 3 heteroatoms. The van der Waals surface area contributed by atoms with Gasteiger partial charge in [0.1, 0.15) is 6.04 Å². The highest BCUT2D eigenvalue weighted by Gasteiger charge is 2.25. The minimum absolute atomic E-state index is 0.211. The van der Waals surface area contributed by atoms with E-state index in [1.165, 1.54) is 12.7 Å². The molecule has 74 valence electrons. The van der Waals surface area contributed by atoms with Gasteiger partial charge in [-0.1, -0.05) is 24.3 Å². The largest absolute Gasteiger partial charge is 0.468 e. The number of esters is 1. The predicted molar refractivity (Wildman–Crippen MR) is 52.9 cm³/mol. The summed E-state index contributed by atoms with van der Waals surface area (Å²) in [6, 6.07) is 7.69. The van der Waals surface area contributed by atoms with Crippen LogP contribution in [-0.2, 0) is 16.0 Å². The molecule has 0 radical (unpaired) electrons. The zero-order valence-corrected chi connectivity index (χ0v) is 8.12. The first-order valence-electron chi connectivity index (χ1n) is 4.72. The molecular formula is C11H13NO2. The van der Waals surface area contributed by atoms with Crippen molar-refractivity contribution >= 4 is 5.97 Å². The Morgan fingerprint density at radius 3 is 3.07 bits per heavy atom. The van der Waals surface area contributed by atoms with Gasteiger partial charge in [-0.25, -0.2) is 4.79 Å². The number of fused-ring (bicyclic) bond motifs is 1. The average Bonchev–Trinajstić information content (AvgIpc) is 2.27. The van der Waals surface area contributed by atoms with E-state index in [2.05, 4.69) is 11.4 Å². The molecule has 0 bridgehead atoms. The summed E-state index contributed by atoms with van der Waals surface area (Å²) in [6.07, 6.45) is 0.976. The van der Waals surface area contributed by atoms with E-state index >= 15 is 0 Å². The maximum absolute atomic E-state index is 11.4. The number of methoxy groups -OCH3 is 1. The third kappa shape index (κ3) is 1.51. The summed E-state index contributed by atoms with van der Waals surface area (Å²) in [5.74, 6) is -0.211. The highest BCUT2D eigenvalue weighted by atomic mass is 16.5. The van der Waals surface area contributed by atoms with Crippen molar-refractivity contribution in [2.75, 3.05) is 13.7 Å². The fourth-order valence-corrected chi connectivity index (χ4v) is 1.83. The normalized spacial score (nSPS) is 19.9. The molecule has 2 rings (SSSR count). The zero-order chi connectivity index (χ0) is 9.97. The van der Waals surface area contributed by atoms with Crippen LogP contribution in [0.25, 0.3) is 0 Å². The monoisotopic (exact) mass is 191 g/mol.